The molecule has 4 rings (SSSR count). The van der Waals surface area contributed by atoms with E-state index in [2.05, 4.69) is 20.4 Å². The van der Waals surface area contributed by atoms with Gasteiger partial charge in [-0.25, -0.2) is 4.79 Å². The molecule has 4 aliphatic rings. The maximum absolute atomic E-state index is 11.6. The lowest BCUT2D eigenvalue weighted by Crippen LogP contribution is -2.59. The van der Waals surface area contributed by atoms with Gasteiger partial charge < -0.3 is 4.74 Å². The van der Waals surface area contributed by atoms with E-state index in [0.717, 1.165) is 25.2 Å². The minimum atomic E-state index is -0.237. The molecule has 0 spiro atoms. The number of esters is 1. The van der Waals surface area contributed by atoms with Crippen LogP contribution in [0.1, 0.15) is 52.4 Å². The third-order valence-corrected chi connectivity index (χ3v) is 5.06. The summed E-state index contributed by atoms with van der Waals surface area (Å²) >= 11 is 0. The fourth-order valence-electron chi connectivity index (χ4n) is 5.71. The highest BCUT2D eigenvalue weighted by molar-refractivity contribution is 5.81. The topological polar surface area (TPSA) is 26.3 Å². The second-order valence-electron chi connectivity index (χ2n) is 7.44. The SMILES string of the molecule is C=CC(=O)OC12CC3CC(C)(CC(C)(C3)C1)C2. The smallest absolute Gasteiger partial charge is 0.330 e. The van der Waals surface area contributed by atoms with Gasteiger partial charge >= 0.3 is 5.97 Å². The van der Waals surface area contributed by atoms with Gasteiger partial charge in [-0.1, -0.05) is 20.4 Å². The molecule has 17 heavy (non-hydrogen) atoms. The lowest BCUT2D eigenvalue weighted by atomic mass is 9.43. The molecule has 0 N–H and O–H groups in total. The lowest BCUT2D eigenvalue weighted by Gasteiger charge is -2.64. The molecule has 0 aromatic carbocycles. The molecule has 2 unspecified atom stereocenters. The molecule has 0 radical (unpaired) electrons. The number of carbonyl (C=O) groups is 1. The van der Waals surface area contributed by atoms with Gasteiger partial charge in [0.05, 0.1) is 0 Å². The molecule has 0 aromatic heterocycles. The average molecular weight is 234 g/mol. The van der Waals surface area contributed by atoms with Crippen LogP contribution >= 0.6 is 0 Å². The third-order valence-electron chi connectivity index (χ3n) is 5.06. The summed E-state index contributed by atoms with van der Waals surface area (Å²) < 4.78 is 5.77. The first-order chi connectivity index (χ1) is 7.86. The van der Waals surface area contributed by atoms with Crippen LogP contribution in [0.2, 0.25) is 0 Å². The summed E-state index contributed by atoms with van der Waals surface area (Å²) in [5.74, 6) is 0.526. The van der Waals surface area contributed by atoms with Gasteiger partial charge in [0.1, 0.15) is 5.60 Å². The maximum atomic E-state index is 11.6. The van der Waals surface area contributed by atoms with Gasteiger partial charge in [0.25, 0.3) is 0 Å². The van der Waals surface area contributed by atoms with Crippen molar-refractivity contribution < 1.29 is 9.53 Å². The Hall–Kier alpha value is -0.790. The molecule has 4 bridgehead atoms. The van der Waals surface area contributed by atoms with Crippen LogP contribution in [-0.4, -0.2) is 11.6 Å². The van der Waals surface area contributed by atoms with Gasteiger partial charge in [-0.2, -0.15) is 0 Å². The van der Waals surface area contributed by atoms with Crippen molar-refractivity contribution >= 4 is 5.97 Å². The zero-order valence-electron chi connectivity index (χ0n) is 10.9. The summed E-state index contributed by atoms with van der Waals surface area (Å²) in [7, 11) is 0. The van der Waals surface area contributed by atoms with Crippen LogP contribution < -0.4 is 0 Å². The number of hydrogen-bond acceptors (Lipinski definition) is 2. The van der Waals surface area contributed by atoms with Crippen LogP contribution in [0.5, 0.6) is 0 Å². The fraction of sp³-hybridized carbons (Fsp3) is 0.800. The lowest BCUT2D eigenvalue weighted by molar-refractivity contribution is -0.212. The summed E-state index contributed by atoms with van der Waals surface area (Å²) in [6, 6.07) is 0. The summed E-state index contributed by atoms with van der Waals surface area (Å²) in [5, 5.41) is 0. The maximum Gasteiger partial charge on any atom is 0.330 e. The Morgan fingerprint density at radius 1 is 1.18 bits per heavy atom. The Labute approximate surface area is 103 Å². The average Bonchev–Trinajstić information content (AvgIpc) is 2.10. The number of carbonyl (C=O) groups excluding carboxylic acids is 1. The van der Waals surface area contributed by atoms with Crippen LogP contribution in [0.4, 0.5) is 0 Å². The molecular formula is C15H22O2. The zero-order chi connectivity index (χ0) is 12.3. The minimum Gasteiger partial charge on any atom is -0.456 e. The van der Waals surface area contributed by atoms with Gasteiger partial charge in [-0.05, 0) is 55.3 Å². The van der Waals surface area contributed by atoms with Gasteiger partial charge in [-0.15, -0.1) is 0 Å². The molecule has 0 aromatic rings. The first-order valence-corrected chi connectivity index (χ1v) is 6.72. The third kappa shape index (κ3) is 1.73. The van der Waals surface area contributed by atoms with Gasteiger partial charge in [0.15, 0.2) is 0 Å². The van der Waals surface area contributed by atoms with Crippen molar-refractivity contribution in [1.29, 1.82) is 0 Å². The number of rotatable bonds is 2. The molecule has 0 saturated heterocycles. The molecule has 0 aliphatic heterocycles. The molecule has 2 atom stereocenters. The quantitative estimate of drug-likeness (QED) is 0.540. The Balaban J connectivity index is 1.92. The molecule has 94 valence electrons. The highest BCUT2D eigenvalue weighted by Crippen LogP contribution is 2.67. The Morgan fingerprint density at radius 2 is 1.76 bits per heavy atom. The Morgan fingerprint density at radius 3 is 2.24 bits per heavy atom. The first kappa shape index (κ1) is 11.3. The van der Waals surface area contributed by atoms with E-state index in [9.17, 15) is 4.79 Å². The minimum absolute atomic E-state index is 0.172. The van der Waals surface area contributed by atoms with E-state index in [-0.39, 0.29) is 11.6 Å². The highest BCUT2D eigenvalue weighted by Gasteiger charge is 2.61. The van der Waals surface area contributed by atoms with Crippen molar-refractivity contribution in [3.63, 3.8) is 0 Å². The van der Waals surface area contributed by atoms with Gasteiger partial charge in [0.2, 0.25) is 0 Å². The zero-order valence-corrected chi connectivity index (χ0v) is 10.9. The van der Waals surface area contributed by atoms with E-state index < -0.39 is 0 Å². The standard InChI is InChI=1S/C15H22O2/c1-4-12(16)17-15-7-11-5-13(2,9-15)8-14(3,6-11)10-15/h4,11H,1,5-10H2,2-3H3. The van der Waals surface area contributed by atoms with E-state index in [1.165, 1.54) is 25.3 Å². The van der Waals surface area contributed by atoms with Crippen molar-refractivity contribution in [1.82, 2.24) is 0 Å². The first-order valence-electron chi connectivity index (χ1n) is 6.72. The molecule has 4 aliphatic carbocycles. The predicted molar refractivity (Wildman–Crippen MR) is 66.4 cm³/mol. The van der Waals surface area contributed by atoms with E-state index in [0.29, 0.717) is 10.8 Å². The van der Waals surface area contributed by atoms with Crippen molar-refractivity contribution in [2.24, 2.45) is 16.7 Å². The van der Waals surface area contributed by atoms with E-state index >= 15 is 0 Å². The molecule has 4 fully saturated rings. The normalized spacial score (nSPS) is 51.3. The fourth-order valence-corrected chi connectivity index (χ4v) is 5.71. The molecule has 0 heterocycles. The summed E-state index contributed by atoms with van der Waals surface area (Å²) in [4.78, 5) is 11.6. The van der Waals surface area contributed by atoms with E-state index in [1.807, 2.05) is 0 Å². The van der Waals surface area contributed by atoms with Gasteiger partial charge in [0, 0.05) is 6.08 Å². The van der Waals surface area contributed by atoms with Crippen LogP contribution in [0.25, 0.3) is 0 Å². The molecule has 0 amide bonds. The van der Waals surface area contributed by atoms with Crippen LogP contribution in [0, 0.1) is 16.7 Å². The van der Waals surface area contributed by atoms with Crippen LogP contribution in [0.3, 0.4) is 0 Å². The summed E-state index contributed by atoms with van der Waals surface area (Å²) in [6.45, 7) is 8.28. The molecule has 4 saturated carbocycles. The van der Waals surface area contributed by atoms with Crippen molar-refractivity contribution in [2.45, 2.75) is 58.0 Å². The van der Waals surface area contributed by atoms with E-state index in [1.54, 1.807) is 0 Å². The summed E-state index contributed by atoms with van der Waals surface area (Å²) in [5.41, 5.74) is 0.624. The molecule has 2 heteroatoms. The predicted octanol–water partition coefficient (Wildman–Crippen LogP) is 3.46. The number of hydrogen-bond donors (Lipinski definition) is 0. The number of ether oxygens (including phenoxy) is 1. The van der Waals surface area contributed by atoms with Crippen LogP contribution in [-0.2, 0) is 9.53 Å². The van der Waals surface area contributed by atoms with Crippen molar-refractivity contribution in [2.75, 3.05) is 0 Å². The molecular weight excluding hydrogens is 212 g/mol. The monoisotopic (exact) mass is 234 g/mol. The Kier molecular flexibility index (Phi) is 2.10. The van der Waals surface area contributed by atoms with Crippen molar-refractivity contribution in [3.05, 3.63) is 12.7 Å². The molecule has 2 nitrogen and oxygen atoms in total. The van der Waals surface area contributed by atoms with Crippen molar-refractivity contribution in [3.8, 4) is 0 Å². The largest absolute Gasteiger partial charge is 0.456 e. The van der Waals surface area contributed by atoms with Gasteiger partial charge in [-0.3, -0.25) is 0 Å². The summed E-state index contributed by atoms with van der Waals surface area (Å²) in [6.07, 6.45) is 8.48. The van der Waals surface area contributed by atoms with E-state index in [4.69, 9.17) is 4.74 Å². The second-order valence-corrected chi connectivity index (χ2v) is 7.44. The Bertz CT molecular complexity index is 366. The second kappa shape index (κ2) is 3.15. The highest BCUT2D eigenvalue weighted by atomic mass is 16.6. The van der Waals surface area contributed by atoms with Crippen LogP contribution in [0.15, 0.2) is 12.7 Å².